The van der Waals surface area contributed by atoms with Gasteiger partial charge in [-0.1, -0.05) is 35.3 Å². The van der Waals surface area contributed by atoms with Gasteiger partial charge in [0.15, 0.2) is 5.84 Å². The molecule has 0 radical (unpaired) electrons. The summed E-state index contributed by atoms with van der Waals surface area (Å²) in [5.41, 5.74) is 5.88. The monoisotopic (exact) mass is 304 g/mol. The number of hydrogen-bond acceptors (Lipinski definition) is 3. The van der Waals surface area contributed by atoms with Crippen molar-refractivity contribution in [2.24, 2.45) is 10.9 Å². The molecule has 1 atom stereocenters. The van der Waals surface area contributed by atoms with Crippen molar-refractivity contribution in [1.82, 2.24) is 5.32 Å². The Hall–Kier alpha value is -1.66. The number of carbonyl (C=O) groups excluding carboxylic acids is 1. The highest BCUT2D eigenvalue weighted by Gasteiger charge is 2.14. The first-order valence-corrected chi connectivity index (χ1v) is 6.23. The molecule has 0 heterocycles. The Balaban J connectivity index is 2.69. The number of nitrogens with one attached hydrogen (secondary N) is 2. The number of nitrogens with two attached hydrogens (primary N) is 1. The van der Waals surface area contributed by atoms with Crippen LogP contribution in [0.3, 0.4) is 0 Å². The molecule has 0 aliphatic heterocycles. The van der Waals surface area contributed by atoms with Crippen molar-refractivity contribution in [2.75, 3.05) is 5.32 Å². The summed E-state index contributed by atoms with van der Waals surface area (Å²) in [4.78, 5) is 11.7. The van der Waals surface area contributed by atoms with Gasteiger partial charge in [0.25, 0.3) is 0 Å². The van der Waals surface area contributed by atoms with Crippen molar-refractivity contribution >= 4 is 40.8 Å². The smallest absolute Gasteiger partial charge is 0.319 e. The van der Waals surface area contributed by atoms with Crippen molar-refractivity contribution in [3.63, 3.8) is 0 Å². The number of halogens is 2. The molecule has 0 spiro atoms. The van der Waals surface area contributed by atoms with Crippen molar-refractivity contribution in [2.45, 2.75) is 19.4 Å². The largest absolute Gasteiger partial charge is 0.409 e. The normalized spacial score (nSPS) is 12.9. The Morgan fingerprint density at radius 2 is 2.00 bits per heavy atom. The van der Waals surface area contributed by atoms with E-state index in [0.717, 1.165) is 0 Å². The summed E-state index contributed by atoms with van der Waals surface area (Å²) < 4.78 is 0. The molecule has 104 valence electrons. The number of amides is 2. The zero-order valence-electron chi connectivity index (χ0n) is 10.2. The van der Waals surface area contributed by atoms with Gasteiger partial charge in [-0.3, -0.25) is 0 Å². The van der Waals surface area contributed by atoms with Crippen LogP contribution in [0.15, 0.2) is 23.4 Å². The minimum Gasteiger partial charge on any atom is -0.409 e. The highest BCUT2D eigenvalue weighted by atomic mass is 35.5. The molecule has 0 aliphatic carbocycles. The Kier molecular flexibility index (Phi) is 5.72. The SMILES string of the molecule is CCC(NC(=O)Nc1cc(Cl)cc(Cl)c1)/C(N)=N/O. The molecule has 0 aliphatic rings. The van der Waals surface area contributed by atoms with Crippen molar-refractivity contribution in [3.8, 4) is 0 Å². The van der Waals surface area contributed by atoms with Gasteiger partial charge in [0.05, 0.1) is 6.04 Å². The van der Waals surface area contributed by atoms with E-state index < -0.39 is 12.1 Å². The Morgan fingerprint density at radius 1 is 1.42 bits per heavy atom. The highest BCUT2D eigenvalue weighted by molar-refractivity contribution is 6.35. The molecule has 2 amide bonds. The lowest BCUT2D eigenvalue weighted by molar-refractivity contribution is 0.250. The summed E-state index contributed by atoms with van der Waals surface area (Å²) in [5, 5.41) is 17.4. The van der Waals surface area contributed by atoms with E-state index in [-0.39, 0.29) is 5.84 Å². The maximum Gasteiger partial charge on any atom is 0.319 e. The predicted molar refractivity (Wildman–Crippen MR) is 76.1 cm³/mol. The average Bonchev–Trinajstić information content (AvgIpc) is 2.33. The molecular weight excluding hydrogens is 291 g/mol. The third-order valence-corrected chi connectivity index (χ3v) is 2.74. The number of anilines is 1. The topological polar surface area (TPSA) is 99.7 Å². The Bertz CT molecular complexity index is 473. The number of oxime groups is 1. The van der Waals surface area contributed by atoms with E-state index in [4.69, 9.17) is 34.1 Å². The van der Waals surface area contributed by atoms with E-state index in [1.807, 2.05) is 0 Å². The maximum absolute atomic E-state index is 11.7. The number of hydrogen-bond donors (Lipinski definition) is 4. The molecular formula is C11H14Cl2N4O2. The summed E-state index contributed by atoms with van der Waals surface area (Å²) >= 11 is 11.6. The highest BCUT2D eigenvalue weighted by Crippen LogP contribution is 2.22. The van der Waals surface area contributed by atoms with Crippen LogP contribution in [0.4, 0.5) is 10.5 Å². The molecule has 0 saturated carbocycles. The standard InChI is InChI=1S/C11H14Cl2N4O2/c1-2-9(10(14)17-19)16-11(18)15-8-4-6(12)3-7(13)5-8/h3-5,9,19H,2H2,1H3,(H2,14,17)(H2,15,16,18). The fourth-order valence-electron chi connectivity index (χ4n) is 1.41. The second-order valence-electron chi connectivity index (χ2n) is 3.74. The van der Waals surface area contributed by atoms with Crippen molar-refractivity contribution < 1.29 is 10.0 Å². The van der Waals surface area contributed by atoms with E-state index in [1.165, 1.54) is 0 Å². The van der Waals surface area contributed by atoms with Crippen LogP contribution < -0.4 is 16.4 Å². The molecule has 6 nitrogen and oxygen atoms in total. The quantitative estimate of drug-likeness (QED) is 0.298. The second-order valence-corrected chi connectivity index (χ2v) is 4.62. The summed E-state index contributed by atoms with van der Waals surface area (Å²) in [6, 6.07) is 3.60. The third kappa shape index (κ3) is 4.84. The second kappa shape index (κ2) is 7.06. The zero-order valence-corrected chi connectivity index (χ0v) is 11.7. The van der Waals surface area contributed by atoms with Gasteiger partial charge in [-0.15, -0.1) is 0 Å². The molecule has 1 aromatic rings. The van der Waals surface area contributed by atoms with Crippen molar-refractivity contribution in [1.29, 1.82) is 0 Å². The van der Waals surface area contributed by atoms with Gasteiger partial charge in [-0.05, 0) is 24.6 Å². The van der Waals surface area contributed by atoms with E-state index in [1.54, 1.807) is 25.1 Å². The van der Waals surface area contributed by atoms with E-state index in [9.17, 15) is 4.79 Å². The molecule has 0 aromatic heterocycles. The van der Waals surface area contributed by atoms with E-state index in [0.29, 0.717) is 22.2 Å². The van der Waals surface area contributed by atoms with Crippen LogP contribution in [-0.4, -0.2) is 23.1 Å². The van der Waals surface area contributed by atoms with E-state index in [2.05, 4.69) is 15.8 Å². The summed E-state index contributed by atoms with van der Waals surface area (Å²) in [7, 11) is 0. The fourth-order valence-corrected chi connectivity index (χ4v) is 1.93. The minimum atomic E-state index is -0.556. The molecule has 0 saturated heterocycles. The van der Waals surface area contributed by atoms with Crippen LogP contribution in [0.5, 0.6) is 0 Å². The first-order chi connectivity index (χ1) is 8.96. The van der Waals surface area contributed by atoms with Crippen LogP contribution in [0.1, 0.15) is 13.3 Å². The number of carbonyl (C=O) groups is 1. The lowest BCUT2D eigenvalue weighted by atomic mass is 10.2. The van der Waals surface area contributed by atoms with Crippen LogP contribution in [0.25, 0.3) is 0 Å². The van der Waals surface area contributed by atoms with Gasteiger partial charge in [0.2, 0.25) is 0 Å². The lowest BCUT2D eigenvalue weighted by Gasteiger charge is -2.16. The van der Waals surface area contributed by atoms with Crippen LogP contribution in [0.2, 0.25) is 10.0 Å². The molecule has 1 unspecified atom stereocenters. The third-order valence-electron chi connectivity index (χ3n) is 2.31. The zero-order chi connectivity index (χ0) is 14.4. The van der Waals surface area contributed by atoms with Crippen LogP contribution in [-0.2, 0) is 0 Å². The lowest BCUT2D eigenvalue weighted by Crippen LogP contribution is -2.45. The maximum atomic E-state index is 11.7. The summed E-state index contributed by atoms with van der Waals surface area (Å²) in [6.07, 6.45) is 0.486. The molecule has 1 rings (SSSR count). The number of nitrogens with zero attached hydrogens (tertiary/aromatic N) is 1. The average molecular weight is 305 g/mol. The molecule has 1 aromatic carbocycles. The van der Waals surface area contributed by atoms with Gasteiger partial charge < -0.3 is 21.6 Å². The number of urea groups is 1. The molecule has 0 fully saturated rings. The fraction of sp³-hybridized carbons (Fsp3) is 0.273. The van der Waals surface area contributed by atoms with Crippen molar-refractivity contribution in [3.05, 3.63) is 28.2 Å². The van der Waals surface area contributed by atoms with Gasteiger partial charge in [0, 0.05) is 15.7 Å². The predicted octanol–water partition coefficient (Wildman–Crippen LogP) is 2.64. The number of rotatable bonds is 4. The van der Waals surface area contributed by atoms with Gasteiger partial charge >= 0.3 is 6.03 Å². The molecule has 19 heavy (non-hydrogen) atoms. The molecule has 5 N–H and O–H groups in total. The van der Waals surface area contributed by atoms with Crippen LogP contribution in [0, 0.1) is 0 Å². The van der Waals surface area contributed by atoms with Gasteiger partial charge in [-0.25, -0.2) is 4.79 Å². The van der Waals surface area contributed by atoms with Crippen LogP contribution >= 0.6 is 23.2 Å². The Labute approximate surface area is 120 Å². The van der Waals surface area contributed by atoms with E-state index >= 15 is 0 Å². The number of benzene rings is 1. The Morgan fingerprint density at radius 3 is 2.47 bits per heavy atom. The summed E-state index contributed by atoms with van der Waals surface area (Å²) in [6.45, 7) is 1.79. The number of amidine groups is 1. The molecule has 0 bridgehead atoms. The summed E-state index contributed by atoms with van der Waals surface area (Å²) in [5.74, 6) is -0.0678. The first kappa shape index (κ1) is 15.4. The van der Waals surface area contributed by atoms with Gasteiger partial charge in [0.1, 0.15) is 0 Å². The minimum absolute atomic E-state index is 0.0678. The molecule has 8 heteroatoms. The first-order valence-electron chi connectivity index (χ1n) is 5.47. The van der Waals surface area contributed by atoms with Gasteiger partial charge in [-0.2, -0.15) is 0 Å².